The zero-order valence-corrected chi connectivity index (χ0v) is 10.8. The quantitative estimate of drug-likeness (QED) is 0.396. The van der Waals surface area contributed by atoms with Crippen molar-refractivity contribution in [3.63, 3.8) is 0 Å². The van der Waals surface area contributed by atoms with E-state index < -0.39 is 0 Å². The van der Waals surface area contributed by atoms with Crippen LogP contribution in [0.25, 0.3) is 0 Å². The Morgan fingerprint density at radius 3 is 2.69 bits per heavy atom. The molecule has 1 aromatic heterocycles. The Kier molecular flexibility index (Phi) is 6.90. The lowest BCUT2D eigenvalue weighted by atomic mass is 10.0. The van der Waals surface area contributed by atoms with Crippen LogP contribution in [-0.4, -0.2) is 9.67 Å². The molecular weight excluding hydrogens is 224 g/mol. The zero-order chi connectivity index (χ0) is 11.3. The van der Waals surface area contributed by atoms with Gasteiger partial charge in [0.1, 0.15) is 12.4 Å². The predicted octanol–water partition coefficient (Wildman–Crippen LogP) is -0.805. The number of aliphatic hydroxyl groups is 1. The second-order valence-corrected chi connectivity index (χ2v) is 4.21. The number of hydrogen-bond donors (Lipinski definition) is 1. The van der Waals surface area contributed by atoms with E-state index in [1.54, 1.807) is 0 Å². The highest BCUT2D eigenvalue weighted by Crippen LogP contribution is 2.13. The van der Waals surface area contributed by atoms with Crippen molar-refractivity contribution in [3.05, 3.63) is 31.1 Å². The number of allylic oxidation sites excluding steroid dienone is 1. The Morgan fingerprint density at radius 1 is 1.50 bits per heavy atom. The van der Waals surface area contributed by atoms with Gasteiger partial charge in [-0.3, -0.25) is 0 Å². The first-order valence-corrected chi connectivity index (χ1v) is 5.48. The van der Waals surface area contributed by atoms with Gasteiger partial charge < -0.3 is 17.5 Å². The van der Waals surface area contributed by atoms with Gasteiger partial charge in [0.15, 0.2) is 0 Å². The molecule has 0 amide bonds. The summed E-state index contributed by atoms with van der Waals surface area (Å²) in [6.07, 6.45) is 9.48. The van der Waals surface area contributed by atoms with Gasteiger partial charge in [0, 0.05) is 5.92 Å². The Bertz CT molecular complexity index is 323. The molecule has 0 bridgehead atoms. The Balaban J connectivity index is 0.00000225. The van der Waals surface area contributed by atoms with Crippen LogP contribution in [0.2, 0.25) is 0 Å². The predicted molar refractivity (Wildman–Crippen MR) is 60.4 cm³/mol. The largest absolute Gasteiger partial charge is 1.00 e. The number of halogens is 1. The molecule has 0 radical (unpaired) electrons. The second kappa shape index (κ2) is 7.34. The minimum Gasteiger partial charge on any atom is -1.00 e. The molecule has 3 nitrogen and oxygen atoms in total. The van der Waals surface area contributed by atoms with Crippen molar-refractivity contribution in [1.82, 2.24) is 4.57 Å². The van der Waals surface area contributed by atoms with E-state index in [1.165, 1.54) is 0 Å². The van der Waals surface area contributed by atoms with E-state index in [9.17, 15) is 0 Å². The van der Waals surface area contributed by atoms with Crippen molar-refractivity contribution in [3.8, 4) is 0 Å². The first-order valence-electron chi connectivity index (χ1n) is 5.48. The van der Waals surface area contributed by atoms with Crippen LogP contribution in [0, 0.1) is 5.92 Å². The van der Waals surface area contributed by atoms with Crippen LogP contribution in [0.3, 0.4) is 0 Å². The molecule has 1 rings (SSSR count). The fourth-order valence-corrected chi connectivity index (χ4v) is 1.55. The van der Waals surface area contributed by atoms with Gasteiger partial charge >= 0.3 is 0 Å². The minimum absolute atomic E-state index is 0. The molecule has 0 aliphatic carbocycles. The van der Waals surface area contributed by atoms with E-state index in [-0.39, 0.29) is 18.3 Å². The van der Waals surface area contributed by atoms with Crippen molar-refractivity contribution in [1.29, 1.82) is 0 Å². The molecule has 0 aromatic carbocycles. The first kappa shape index (κ1) is 15.0. The van der Waals surface area contributed by atoms with E-state index in [2.05, 4.69) is 23.7 Å². The third kappa shape index (κ3) is 5.21. The van der Waals surface area contributed by atoms with Gasteiger partial charge in [0.2, 0.25) is 6.33 Å². The normalized spacial score (nSPS) is 11.9. The Labute approximate surface area is 104 Å². The summed E-state index contributed by atoms with van der Waals surface area (Å²) in [5.41, 5.74) is 0. The van der Waals surface area contributed by atoms with E-state index in [0.29, 0.717) is 5.76 Å². The molecular formula is C12H21ClN2O. The lowest BCUT2D eigenvalue weighted by molar-refractivity contribution is -0.671. The second-order valence-electron chi connectivity index (χ2n) is 4.21. The summed E-state index contributed by atoms with van der Waals surface area (Å²) in [5.74, 6) is 0.535. The van der Waals surface area contributed by atoms with Crippen LogP contribution in [0.15, 0.2) is 31.1 Å². The number of aliphatic hydroxyl groups excluding tert-OH is 1. The standard InChI is InChI=1S/C12H20N2O.ClH/c1-11(12(2)15)6-4-5-7-14-9-8-13(3)10-14;/h8-11H,2,4-7H2,1,3H3;1H. The molecule has 4 heteroatoms. The lowest BCUT2D eigenvalue weighted by Gasteiger charge is -2.07. The summed E-state index contributed by atoms with van der Waals surface area (Å²) in [7, 11) is 2.02. The molecule has 1 N–H and O–H groups in total. The van der Waals surface area contributed by atoms with Crippen LogP contribution in [0.4, 0.5) is 0 Å². The van der Waals surface area contributed by atoms with E-state index in [1.807, 2.05) is 24.7 Å². The van der Waals surface area contributed by atoms with Crippen molar-refractivity contribution in [2.45, 2.75) is 32.7 Å². The maximum Gasteiger partial charge on any atom is 0.243 e. The average molecular weight is 245 g/mol. The summed E-state index contributed by atoms with van der Waals surface area (Å²) < 4.78 is 4.22. The summed E-state index contributed by atoms with van der Waals surface area (Å²) in [6, 6.07) is 0. The van der Waals surface area contributed by atoms with Gasteiger partial charge in [-0.15, -0.1) is 0 Å². The molecule has 0 aliphatic rings. The molecule has 16 heavy (non-hydrogen) atoms. The molecule has 92 valence electrons. The topological polar surface area (TPSA) is 29.0 Å². The Hall–Kier alpha value is -0.960. The summed E-state index contributed by atoms with van der Waals surface area (Å²) in [6.45, 7) is 6.60. The van der Waals surface area contributed by atoms with E-state index in [4.69, 9.17) is 5.11 Å². The van der Waals surface area contributed by atoms with E-state index in [0.717, 1.165) is 25.8 Å². The SMILES string of the molecule is C=C(O)C(C)CCCCn1cc[n+](C)c1.[Cl-]. The summed E-state index contributed by atoms with van der Waals surface area (Å²) in [5, 5.41) is 9.14. The molecule has 0 saturated carbocycles. The monoisotopic (exact) mass is 244 g/mol. The summed E-state index contributed by atoms with van der Waals surface area (Å²) in [4.78, 5) is 0. The van der Waals surface area contributed by atoms with Gasteiger partial charge in [-0.25, -0.2) is 9.13 Å². The first-order chi connectivity index (χ1) is 7.09. The highest BCUT2D eigenvalue weighted by atomic mass is 35.5. The number of rotatable bonds is 6. The molecule has 0 spiro atoms. The number of unbranched alkanes of at least 4 members (excludes halogenated alkanes) is 1. The van der Waals surface area contributed by atoms with Crippen molar-refractivity contribution < 1.29 is 22.1 Å². The van der Waals surface area contributed by atoms with Gasteiger partial charge in [-0.05, 0) is 19.3 Å². The van der Waals surface area contributed by atoms with Gasteiger partial charge in [-0.2, -0.15) is 0 Å². The molecule has 0 fully saturated rings. The van der Waals surface area contributed by atoms with Crippen molar-refractivity contribution in [2.24, 2.45) is 13.0 Å². The molecule has 0 aliphatic heterocycles. The van der Waals surface area contributed by atoms with Gasteiger partial charge in [0.25, 0.3) is 0 Å². The van der Waals surface area contributed by atoms with Crippen LogP contribution in [0.5, 0.6) is 0 Å². The fourth-order valence-electron chi connectivity index (χ4n) is 1.55. The van der Waals surface area contributed by atoms with Crippen molar-refractivity contribution in [2.75, 3.05) is 0 Å². The minimum atomic E-state index is 0. The molecule has 1 aromatic rings. The molecule has 1 unspecified atom stereocenters. The fraction of sp³-hybridized carbons (Fsp3) is 0.583. The van der Waals surface area contributed by atoms with Crippen LogP contribution in [-0.2, 0) is 13.6 Å². The third-order valence-electron chi connectivity index (χ3n) is 2.70. The number of aryl methyl sites for hydroxylation is 2. The maximum absolute atomic E-state index is 9.14. The van der Waals surface area contributed by atoms with Crippen LogP contribution >= 0.6 is 0 Å². The van der Waals surface area contributed by atoms with Gasteiger partial charge in [0.05, 0.1) is 19.4 Å². The molecule has 0 saturated heterocycles. The third-order valence-corrected chi connectivity index (χ3v) is 2.70. The summed E-state index contributed by atoms with van der Waals surface area (Å²) >= 11 is 0. The number of hydrogen-bond acceptors (Lipinski definition) is 1. The highest BCUT2D eigenvalue weighted by Gasteiger charge is 2.05. The number of imidazole rings is 1. The smallest absolute Gasteiger partial charge is 0.243 e. The van der Waals surface area contributed by atoms with Gasteiger partial charge in [-0.1, -0.05) is 13.5 Å². The Morgan fingerprint density at radius 2 is 2.19 bits per heavy atom. The number of aromatic nitrogens is 2. The van der Waals surface area contributed by atoms with Crippen LogP contribution < -0.4 is 17.0 Å². The average Bonchev–Trinajstić information content (AvgIpc) is 2.58. The zero-order valence-electron chi connectivity index (χ0n) is 10.1. The highest BCUT2D eigenvalue weighted by molar-refractivity contribution is 4.85. The maximum atomic E-state index is 9.14. The molecule has 1 atom stereocenters. The molecule has 1 heterocycles. The van der Waals surface area contributed by atoms with E-state index >= 15 is 0 Å². The van der Waals surface area contributed by atoms with Crippen LogP contribution in [0.1, 0.15) is 26.2 Å². The lowest BCUT2D eigenvalue weighted by Crippen LogP contribution is -3.00. The van der Waals surface area contributed by atoms with Crippen molar-refractivity contribution >= 4 is 0 Å². The number of nitrogens with zero attached hydrogens (tertiary/aromatic N) is 2.